The number of ether oxygens (including phenoxy) is 1. The van der Waals surface area contributed by atoms with Crippen LogP contribution in [0.1, 0.15) is 36.2 Å². The first-order valence-electron chi connectivity index (χ1n) is 6.33. The summed E-state index contributed by atoms with van der Waals surface area (Å²) in [5.41, 5.74) is 0.489. The van der Waals surface area contributed by atoms with Gasteiger partial charge < -0.3 is 14.6 Å². The summed E-state index contributed by atoms with van der Waals surface area (Å²) < 4.78 is 5.50. The van der Waals surface area contributed by atoms with Gasteiger partial charge in [0.1, 0.15) is 12.2 Å². The number of amides is 1. The van der Waals surface area contributed by atoms with Crippen LogP contribution in [0.2, 0.25) is 0 Å². The third-order valence-electron chi connectivity index (χ3n) is 3.43. The Kier molecular flexibility index (Phi) is 4.63. The van der Waals surface area contributed by atoms with E-state index in [4.69, 9.17) is 0 Å². The van der Waals surface area contributed by atoms with Gasteiger partial charge in [-0.3, -0.25) is 9.59 Å². The van der Waals surface area contributed by atoms with Crippen LogP contribution in [0.5, 0.6) is 0 Å². The van der Waals surface area contributed by atoms with Crippen LogP contribution in [0.25, 0.3) is 0 Å². The summed E-state index contributed by atoms with van der Waals surface area (Å²) in [5, 5.41) is 0. The Hall–Kier alpha value is -1.30. The number of nitrogens with one attached hydrogen (secondary N) is 1. The van der Waals surface area contributed by atoms with Crippen LogP contribution in [-0.2, 0) is 9.53 Å². The highest BCUT2D eigenvalue weighted by molar-refractivity contribution is 9.10. The second kappa shape index (κ2) is 6.23. The second-order valence-corrected chi connectivity index (χ2v) is 5.59. The molecule has 1 fully saturated rings. The number of rotatable bonds is 4. The highest BCUT2D eigenvalue weighted by atomic mass is 79.9. The first kappa shape index (κ1) is 14.1. The number of H-pyrrole nitrogens is 1. The van der Waals surface area contributed by atoms with E-state index in [9.17, 15) is 9.59 Å². The van der Waals surface area contributed by atoms with E-state index in [1.807, 2.05) is 0 Å². The van der Waals surface area contributed by atoms with Crippen molar-refractivity contribution in [1.82, 2.24) is 9.88 Å². The lowest BCUT2D eigenvalue weighted by Gasteiger charge is -2.27. The highest BCUT2D eigenvalue weighted by Gasteiger charge is 2.29. The molecule has 1 aliphatic carbocycles. The fraction of sp³-hybridized carbons (Fsp3) is 0.538. The lowest BCUT2D eigenvalue weighted by molar-refractivity contribution is -0.141. The lowest BCUT2D eigenvalue weighted by atomic mass is 10.2. The molecule has 2 rings (SSSR count). The van der Waals surface area contributed by atoms with Gasteiger partial charge in [0.2, 0.25) is 0 Å². The minimum atomic E-state index is -0.383. The van der Waals surface area contributed by atoms with Crippen molar-refractivity contribution >= 4 is 27.8 Å². The Morgan fingerprint density at radius 2 is 2.16 bits per heavy atom. The van der Waals surface area contributed by atoms with Crippen LogP contribution >= 0.6 is 15.9 Å². The van der Waals surface area contributed by atoms with E-state index in [1.165, 1.54) is 7.11 Å². The highest BCUT2D eigenvalue weighted by Crippen LogP contribution is 2.25. The van der Waals surface area contributed by atoms with Crippen LogP contribution in [0, 0.1) is 0 Å². The molecule has 19 heavy (non-hydrogen) atoms. The summed E-state index contributed by atoms with van der Waals surface area (Å²) in [5.74, 6) is -0.533. The monoisotopic (exact) mass is 328 g/mol. The van der Waals surface area contributed by atoms with Gasteiger partial charge in [-0.1, -0.05) is 12.8 Å². The van der Waals surface area contributed by atoms with Crippen molar-refractivity contribution < 1.29 is 14.3 Å². The number of esters is 1. The molecule has 5 nitrogen and oxygen atoms in total. The van der Waals surface area contributed by atoms with Gasteiger partial charge in [-0.2, -0.15) is 0 Å². The molecule has 0 spiro atoms. The molecule has 104 valence electrons. The third-order valence-corrected chi connectivity index (χ3v) is 3.89. The Balaban J connectivity index is 2.15. The fourth-order valence-electron chi connectivity index (χ4n) is 2.43. The van der Waals surface area contributed by atoms with Crippen molar-refractivity contribution in [3.8, 4) is 0 Å². The average molecular weight is 329 g/mol. The summed E-state index contributed by atoms with van der Waals surface area (Å²) in [6.07, 6.45) is 5.81. The van der Waals surface area contributed by atoms with Crippen LogP contribution in [0.4, 0.5) is 0 Å². The largest absolute Gasteiger partial charge is 0.468 e. The number of aromatic nitrogens is 1. The molecule has 0 bridgehead atoms. The minimum Gasteiger partial charge on any atom is -0.468 e. The van der Waals surface area contributed by atoms with Crippen LogP contribution in [-0.4, -0.2) is 41.5 Å². The van der Waals surface area contributed by atoms with Crippen LogP contribution in [0.3, 0.4) is 0 Å². The Morgan fingerprint density at radius 3 is 2.68 bits per heavy atom. The molecular weight excluding hydrogens is 312 g/mol. The topological polar surface area (TPSA) is 62.4 Å². The smallest absolute Gasteiger partial charge is 0.325 e. The Morgan fingerprint density at radius 1 is 1.47 bits per heavy atom. The van der Waals surface area contributed by atoms with Crippen molar-refractivity contribution in [2.75, 3.05) is 13.7 Å². The molecule has 1 aromatic heterocycles. The van der Waals surface area contributed by atoms with E-state index < -0.39 is 0 Å². The average Bonchev–Trinajstić information content (AvgIpc) is 3.05. The van der Waals surface area contributed by atoms with Gasteiger partial charge in [0.05, 0.1) is 7.11 Å². The summed E-state index contributed by atoms with van der Waals surface area (Å²) in [4.78, 5) is 28.5. The van der Waals surface area contributed by atoms with Crippen LogP contribution < -0.4 is 0 Å². The maximum absolute atomic E-state index is 12.5. The van der Waals surface area contributed by atoms with E-state index in [0.717, 1.165) is 30.2 Å². The molecule has 0 aliphatic heterocycles. The minimum absolute atomic E-state index is 0.0106. The second-order valence-electron chi connectivity index (χ2n) is 4.68. The summed E-state index contributed by atoms with van der Waals surface area (Å²) >= 11 is 3.30. The molecule has 1 aliphatic rings. The molecular formula is C13H17BrN2O3. The maximum Gasteiger partial charge on any atom is 0.325 e. The van der Waals surface area contributed by atoms with Crippen molar-refractivity contribution in [1.29, 1.82) is 0 Å². The van der Waals surface area contributed by atoms with Crippen molar-refractivity contribution in [3.63, 3.8) is 0 Å². The van der Waals surface area contributed by atoms with E-state index in [1.54, 1.807) is 17.2 Å². The Bertz CT molecular complexity index is 466. The third kappa shape index (κ3) is 3.37. The molecule has 0 aromatic carbocycles. The SMILES string of the molecule is COC(=O)CN(C(=O)c1cc(Br)c[nH]1)C1CCCC1. The van der Waals surface area contributed by atoms with Gasteiger partial charge in [0, 0.05) is 16.7 Å². The predicted molar refractivity (Wildman–Crippen MR) is 73.8 cm³/mol. The lowest BCUT2D eigenvalue weighted by Crippen LogP contribution is -2.42. The molecule has 0 saturated heterocycles. The number of hydrogen-bond donors (Lipinski definition) is 1. The number of methoxy groups -OCH3 is 1. The van der Waals surface area contributed by atoms with E-state index in [2.05, 4.69) is 25.7 Å². The zero-order valence-electron chi connectivity index (χ0n) is 10.8. The molecule has 1 aromatic rings. The van der Waals surface area contributed by atoms with Crippen molar-refractivity contribution in [2.24, 2.45) is 0 Å². The molecule has 0 unspecified atom stereocenters. The van der Waals surface area contributed by atoms with E-state index in [0.29, 0.717) is 5.69 Å². The standard InChI is InChI=1S/C13H17BrN2O3/c1-19-12(17)8-16(10-4-2-3-5-10)13(18)11-6-9(14)7-15-11/h6-7,10,15H,2-5,8H2,1H3. The number of halogens is 1. The zero-order valence-corrected chi connectivity index (χ0v) is 12.4. The first-order chi connectivity index (χ1) is 9.11. The van der Waals surface area contributed by atoms with Crippen molar-refractivity contribution in [3.05, 3.63) is 22.4 Å². The van der Waals surface area contributed by atoms with Crippen molar-refractivity contribution in [2.45, 2.75) is 31.7 Å². The van der Waals surface area contributed by atoms with Gasteiger partial charge in [0.25, 0.3) is 5.91 Å². The fourth-order valence-corrected chi connectivity index (χ4v) is 2.78. The molecule has 0 radical (unpaired) electrons. The van der Waals surface area contributed by atoms with Gasteiger partial charge in [-0.05, 0) is 34.8 Å². The number of carbonyl (C=O) groups excluding carboxylic acids is 2. The van der Waals surface area contributed by atoms with E-state index >= 15 is 0 Å². The molecule has 1 heterocycles. The number of hydrogen-bond acceptors (Lipinski definition) is 3. The molecule has 0 atom stereocenters. The molecule has 6 heteroatoms. The number of aromatic amines is 1. The number of carbonyl (C=O) groups is 2. The molecule has 1 N–H and O–H groups in total. The zero-order chi connectivity index (χ0) is 13.8. The predicted octanol–water partition coefficient (Wildman–Crippen LogP) is 2.33. The normalized spacial score (nSPS) is 15.5. The Labute approximate surface area is 120 Å². The van der Waals surface area contributed by atoms with Gasteiger partial charge >= 0.3 is 5.97 Å². The summed E-state index contributed by atoms with van der Waals surface area (Å²) in [6.45, 7) is 0.0106. The van der Waals surface area contributed by atoms with E-state index in [-0.39, 0.29) is 24.5 Å². The first-order valence-corrected chi connectivity index (χ1v) is 7.13. The number of nitrogens with zero attached hydrogens (tertiary/aromatic N) is 1. The molecule has 1 amide bonds. The quantitative estimate of drug-likeness (QED) is 0.863. The summed E-state index contributed by atoms with van der Waals surface area (Å²) in [6, 6.07) is 1.86. The molecule has 1 saturated carbocycles. The summed E-state index contributed by atoms with van der Waals surface area (Å²) in [7, 11) is 1.34. The van der Waals surface area contributed by atoms with Crippen LogP contribution in [0.15, 0.2) is 16.7 Å². The van der Waals surface area contributed by atoms with Gasteiger partial charge in [-0.25, -0.2) is 0 Å². The van der Waals surface area contributed by atoms with Gasteiger partial charge in [0.15, 0.2) is 0 Å². The van der Waals surface area contributed by atoms with Gasteiger partial charge in [-0.15, -0.1) is 0 Å². The maximum atomic E-state index is 12.5.